The maximum Gasteiger partial charge on any atom is 0.343 e. The van der Waals surface area contributed by atoms with Crippen LogP contribution in [0.1, 0.15) is 125 Å². The number of ether oxygens (including phenoxy) is 2. The van der Waals surface area contributed by atoms with E-state index in [0.717, 1.165) is 37.0 Å². The Bertz CT molecular complexity index is 1080. The summed E-state index contributed by atoms with van der Waals surface area (Å²) in [5.41, 5.74) is 5.26. The van der Waals surface area contributed by atoms with Crippen LogP contribution in [0.3, 0.4) is 0 Å². The molecule has 216 valence electrons. The SMILES string of the molecule is CCCCCCCCCCCCc1ccc(C(=O)Oc2ccc(-c3ccc(C(C)OCCCC)cc3)cc2)cc1. The zero-order valence-electron chi connectivity index (χ0n) is 25.1. The van der Waals surface area contributed by atoms with Gasteiger partial charge in [0.25, 0.3) is 0 Å². The Labute approximate surface area is 243 Å². The number of esters is 1. The fourth-order valence-corrected chi connectivity index (χ4v) is 4.95. The average Bonchev–Trinajstić information content (AvgIpc) is 2.99. The number of hydrogen-bond acceptors (Lipinski definition) is 3. The van der Waals surface area contributed by atoms with Gasteiger partial charge < -0.3 is 9.47 Å². The summed E-state index contributed by atoms with van der Waals surface area (Å²) < 4.78 is 11.5. The van der Waals surface area contributed by atoms with Crippen LogP contribution in [0.2, 0.25) is 0 Å². The van der Waals surface area contributed by atoms with E-state index in [1.54, 1.807) is 0 Å². The summed E-state index contributed by atoms with van der Waals surface area (Å²) in [6.07, 6.45) is 16.8. The highest BCUT2D eigenvalue weighted by molar-refractivity contribution is 5.91. The van der Waals surface area contributed by atoms with Crippen LogP contribution in [0.5, 0.6) is 5.75 Å². The summed E-state index contributed by atoms with van der Waals surface area (Å²) in [4.78, 5) is 12.7. The number of unbranched alkanes of at least 4 members (excludes halogenated alkanes) is 10. The molecular weight excluding hydrogens is 492 g/mol. The molecule has 0 amide bonds. The maximum atomic E-state index is 12.7. The number of rotatable bonds is 19. The van der Waals surface area contributed by atoms with Crippen molar-refractivity contribution in [2.75, 3.05) is 6.61 Å². The van der Waals surface area contributed by atoms with Crippen LogP contribution in [-0.2, 0) is 11.2 Å². The Morgan fingerprint density at radius 3 is 1.73 bits per heavy atom. The van der Waals surface area contributed by atoms with Crippen LogP contribution < -0.4 is 4.74 Å². The van der Waals surface area contributed by atoms with Crippen LogP contribution in [0, 0.1) is 0 Å². The van der Waals surface area contributed by atoms with Crippen molar-refractivity contribution >= 4 is 5.97 Å². The molecule has 0 aliphatic carbocycles. The minimum atomic E-state index is -0.320. The Kier molecular flexibility index (Phi) is 14.6. The molecular formula is C37H50O3. The van der Waals surface area contributed by atoms with Gasteiger partial charge in [-0.1, -0.05) is 127 Å². The summed E-state index contributed by atoms with van der Waals surface area (Å²) in [6, 6.07) is 24.1. The lowest BCUT2D eigenvalue weighted by Crippen LogP contribution is -2.08. The van der Waals surface area contributed by atoms with Gasteiger partial charge in [0.2, 0.25) is 0 Å². The number of carbonyl (C=O) groups excluding carboxylic acids is 1. The Hall–Kier alpha value is -2.91. The van der Waals surface area contributed by atoms with Crippen molar-refractivity contribution < 1.29 is 14.3 Å². The topological polar surface area (TPSA) is 35.5 Å². The third kappa shape index (κ3) is 11.3. The minimum absolute atomic E-state index is 0.0937. The van der Waals surface area contributed by atoms with Crippen LogP contribution in [0.15, 0.2) is 72.8 Å². The van der Waals surface area contributed by atoms with Gasteiger partial charge in [-0.25, -0.2) is 4.79 Å². The van der Waals surface area contributed by atoms with E-state index in [-0.39, 0.29) is 12.1 Å². The molecule has 0 saturated heterocycles. The van der Waals surface area contributed by atoms with Crippen LogP contribution in [-0.4, -0.2) is 12.6 Å². The highest BCUT2D eigenvalue weighted by Crippen LogP contribution is 2.26. The lowest BCUT2D eigenvalue weighted by molar-refractivity contribution is 0.0637. The molecule has 0 bridgehead atoms. The molecule has 3 aromatic rings. The van der Waals surface area contributed by atoms with Gasteiger partial charge in [0.05, 0.1) is 11.7 Å². The minimum Gasteiger partial charge on any atom is -0.423 e. The Balaban J connectivity index is 1.38. The number of hydrogen-bond donors (Lipinski definition) is 0. The molecule has 0 saturated carbocycles. The molecule has 0 aliphatic heterocycles. The summed E-state index contributed by atoms with van der Waals surface area (Å²) in [6.45, 7) is 7.34. The quantitative estimate of drug-likeness (QED) is 0.0858. The molecule has 3 aromatic carbocycles. The van der Waals surface area contributed by atoms with Crippen molar-refractivity contribution in [2.45, 2.75) is 110 Å². The van der Waals surface area contributed by atoms with Crippen molar-refractivity contribution in [3.8, 4) is 16.9 Å². The van der Waals surface area contributed by atoms with Crippen molar-refractivity contribution in [2.24, 2.45) is 0 Å². The number of aryl methyl sites for hydroxylation is 1. The highest BCUT2D eigenvalue weighted by atomic mass is 16.5. The maximum absolute atomic E-state index is 12.7. The molecule has 0 fully saturated rings. The van der Waals surface area contributed by atoms with Crippen molar-refractivity contribution in [3.63, 3.8) is 0 Å². The third-order valence-electron chi connectivity index (χ3n) is 7.65. The smallest absolute Gasteiger partial charge is 0.343 e. The molecule has 3 rings (SSSR count). The van der Waals surface area contributed by atoms with Gasteiger partial charge in [0.15, 0.2) is 0 Å². The summed E-state index contributed by atoms with van der Waals surface area (Å²) in [5, 5.41) is 0. The van der Waals surface area contributed by atoms with E-state index in [0.29, 0.717) is 11.3 Å². The third-order valence-corrected chi connectivity index (χ3v) is 7.65. The van der Waals surface area contributed by atoms with Crippen molar-refractivity contribution in [1.29, 1.82) is 0 Å². The van der Waals surface area contributed by atoms with Crippen LogP contribution in [0.25, 0.3) is 11.1 Å². The van der Waals surface area contributed by atoms with E-state index in [9.17, 15) is 4.79 Å². The lowest BCUT2D eigenvalue weighted by Gasteiger charge is -2.14. The fraction of sp³-hybridized carbons (Fsp3) is 0.486. The second-order valence-corrected chi connectivity index (χ2v) is 11.0. The summed E-state index contributed by atoms with van der Waals surface area (Å²) in [5.74, 6) is 0.234. The first-order chi connectivity index (χ1) is 19.6. The van der Waals surface area contributed by atoms with Crippen LogP contribution >= 0.6 is 0 Å². The molecule has 0 radical (unpaired) electrons. The predicted octanol–water partition coefficient (Wildman–Crippen LogP) is 10.9. The highest BCUT2D eigenvalue weighted by Gasteiger charge is 2.10. The average molecular weight is 543 g/mol. The largest absolute Gasteiger partial charge is 0.423 e. The number of carbonyl (C=O) groups is 1. The molecule has 0 spiro atoms. The van der Waals surface area contributed by atoms with Crippen LogP contribution in [0.4, 0.5) is 0 Å². The van der Waals surface area contributed by atoms with Gasteiger partial charge in [-0.05, 0) is 72.7 Å². The Morgan fingerprint density at radius 2 is 1.15 bits per heavy atom. The van der Waals surface area contributed by atoms with E-state index in [2.05, 4.69) is 57.2 Å². The van der Waals surface area contributed by atoms with E-state index >= 15 is 0 Å². The monoisotopic (exact) mass is 542 g/mol. The number of benzene rings is 3. The first kappa shape index (κ1) is 31.6. The molecule has 0 aromatic heterocycles. The molecule has 40 heavy (non-hydrogen) atoms. The van der Waals surface area contributed by atoms with Gasteiger partial charge in [0.1, 0.15) is 5.75 Å². The molecule has 1 unspecified atom stereocenters. The second kappa shape index (κ2) is 18.4. The molecule has 0 N–H and O–H groups in total. The zero-order valence-corrected chi connectivity index (χ0v) is 25.1. The van der Waals surface area contributed by atoms with Crippen molar-refractivity contribution in [1.82, 2.24) is 0 Å². The first-order valence-electron chi connectivity index (χ1n) is 15.7. The molecule has 3 nitrogen and oxygen atoms in total. The molecule has 0 aliphatic rings. The van der Waals surface area contributed by atoms with Gasteiger partial charge in [-0.15, -0.1) is 0 Å². The van der Waals surface area contributed by atoms with E-state index in [1.807, 2.05) is 36.4 Å². The zero-order chi connectivity index (χ0) is 28.4. The second-order valence-electron chi connectivity index (χ2n) is 11.0. The van der Waals surface area contributed by atoms with E-state index in [4.69, 9.17) is 9.47 Å². The van der Waals surface area contributed by atoms with E-state index in [1.165, 1.54) is 75.3 Å². The fourth-order valence-electron chi connectivity index (χ4n) is 4.95. The summed E-state index contributed by atoms with van der Waals surface area (Å²) >= 11 is 0. The predicted molar refractivity (Wildman–Crippen MR) is 168 cm³/mol. The van der Waals surface area contributed by atoms with E-state index < -0.39 is 0 Å². The summed E-state index contributed by atoms with van der Waals surface area (Å²) in [7, 11) is 0. The lowest BCUT2D eigenvalue weighted by atomic mass is 10.0. The van der Waals surface area contributed by atoms with Gasteiger partial charge in [0, 0.05) is 6.61 Å². The standard InChI is InChI=1S/C37H50O3/c1-4-6-8-9-10-11-12-13-14-15-16-31-17-19-35(20-18-31)37(38)40-36-27-25-34(26-28-36)33-23-21-32(22-24-33)30(3)39-29-7-5-2/h17-28,30H,4-16,29H2,1-3H3. The van der Waals surface area contributed by atoms with Gasteiger partial charge in [-0.2, -0.15) is 0 Å². The van der Waals surface area contributed by atoms with Gasteiger partial charge in [-0.3, -0.25) is 0 Å². The first-order valence-corrected chi connectivity index (χ1v) is 15.7. The molecule has 1 atom stereocenters. The molecule has 0 heterocycles. The normalized spacial score (nSPS) is 11.9. The van der Waals surface area contributed by atoms with Gasteiger partial charge >= 0.3 is 5.97 Å². The van der Waals surface area contributed by atoms with Crippen molar-refractivity contribution in [3.05, 3.63) is 89.5 Å². The Morgan fingerprint density at radius 1 is 0.625 bits per heavy atom. The molecule has 3 heteroatoms.